The van der Waals surface area contributed by atoms with Crippen molar-refractivity contribution in [2.45, 2.75) is 32.5 Å². The van der Waals surface area contributed by atoms with E-state index >= 15 is 0 Å². The Bertz CT molecular complexity index is 350. The Hall–Kier alpha value is -0.900. The van der Waals surface area contributed by atoms with E-state index in [1.807, 2.05) is 12.1 Å². The monoisotopic (exact) mass is 234 g/mol. The van der Waals surface area contributed by atoms with Crippen molar-refractivity contribution in [3.63, 3.8) is 0 Å². The third kappa shape index (κ3) is 3.06. The number of likely N-dealkylation sites (tertiary alicyclic amines) is 1. The van der Waals surface area contributed by atoms with E-state index in [0.29, 0.717) is 12.0 Å². The molecule has 0 amide bonds. The molecular weight excluding hydrogens is 212 g/mol. The van der Waals surface area contributed by atoms with Crippen LogP contribution in [0.1, 0.15) is 24.5 Å². The van der Waals surface area contributed by atoms with Crippen LogP contribution in [-0.4, -0.2) is 29.1 Å². The van der Waals surface area contributed by atoms with Crippen LogP contribution in [0.4, 0.5) is 0 Å². The van der Waals surface area contributed by atoms with Crippen molar-refractivity contribution in [3.05, 3.63) is 35.4 Å². The van der Waals surface area contributed by atoms with E-state index < -0.39 is 0 Å². The van der Waals surface area contributed by atoms with Crippen LogP contribution < -0.4 is 5.73 Å². The Morgan fingerprint density at radius 2 is 1.94 bits per heavy atom. The lowest BCUT2D eigenvalue weighted by molar-refractivity contribution is 0.255. The first-order valence-electron chi connectivity index (χ1n) is 6.35. The lowest BCUT2D eigenvalue weighted by Crippen LogP contribution is -2.27. The third-order valence-corrected chi connectivity index (χ3v) is 3.72. The lowest BCUT2D eigenvalue weighted by Gasteiger charge is -2.21. The van der Waals surface area contributed by atoms with Crippen LogP contribution in [0.15, 0.2) is 24.3 Å². The second-order valence-electron chi connectivity index (χ2n) is 5.09. The SMILES string of the molecule is CC1CC(CN)CN1Cc1ccc(CO)cc1. The van der Waals surface area contributed by atoms with Gasteiger partial charge in [-0.2, -0.15) is 0 Å². The molecular formula is C14H22N2O. The third-order valence-electron chi connectivity index (χ3n) is 3.72. The van der Waals surface area contributed by atoms with E-state index in [2.05, 4.69) is 24.0 Å². The highest BCUT2D eigenvalue weighted by molar-refractivity contribution is 5.22. The molecule has 2 rings (SSSR count). The minimum Gasteiger partial charge on any atom is -0.392 e. The summed E-state index contributed by atoms with van der Waals surface area (Å²) in [6.07, 6.45) is 1.21. The van der Waals surface area contributed by atoms with Crippen LogP contribution in [0.2, 0.25) is 0 Å². The summed E-state index contributed by atoms with van der Waals surface area (Å²) in [6, 6.07) is 8.83. The van der Waals surface area contributed by atoms with Gasteiger partial charge in [0.25, 0.3) is 0 Å². The molecule has 1 fully saturated rings. The molecule has 94 valence electrons. The summed E-state index contributed by atoms with van der Waals surface area (Å²) in [4.78, 5) is 2.49. The lowest BCUT2D eigenvalue weighted by atomic mass is 10.1. The zero-order chi connectivity index (χ0) is 12.3. The van der Waals surface area contributed by atoms with Crippen LogP contribution in [-0.2, 0) is 13.2 Å². The van der Waals surface area contributed by atoms with Gasteiger partial charge in [-0.1, -0.05) is 24.3 Å². The molecule has 2 atom stereocenters. The average molecular weight is 234 g/mol. The molecule has 0 bridgehead atoms. The highest BCUT2D eigenvalue weighted by atomic mass is 16.3. The van der Waals surface area contributed by atoms with Gasteiger partial charge in [-0.05, 0) is 36.9 Å². The molecule has 1 heterocycles. The summed E-state index contributed by atoms with van der Waals surface area (Å²) in [5.74, 6) is 0.654. The van der Waals surface area contributed by atoms with E-state index in [1.165, 1.54) is 12.0 Å². The van der Waals surface area contributed by atoms with Gasteiger partial charge in [-0.25, -0.2) is 0 Å². The molecule has 2 unspecified atom stereocenters. The summed E-state index contributed by atoms with van der Waals surface area (Å²) in [5, 5.41) is 9.00. The first-order chi connectivity index (χ1) is 8.22. The van der Waals surface area contributed by atoms with Crippen molar-refractivity contribution in [3.8, 4) is 0 Å². The van der Waals surface area contributed by atoms with Crippen molar-refractivity contribution in [2.24, 2.45) is 11.7 Å². The number of aliphatic hydroxyl groups excluding tert-OH is 1. The van der Waals surface area contributed by atoms with Gasteiger partial charge in [0, 0.05) is 19.1 Å². The van der Waals surface area contributed by atoms with Crippen molar-refractivity contribution < 1.29 is 5.11 Å². The van der Waals surface area contributed by atoms with E-state index in [0.717, 1.165) is 25.2 Å². The molecule has 0 radical (unpaired) electrons. The van der Waals surface area contributed by atoms with E-state index in [1.54, 1.807) is 0 Å². The summed E-state index contributed by atoms with van der Waals surface area (Å²) in [6.45, 7) is 5.29. The number of rotatable bonds is 4. The predicted molar refractivity (Wildman–Crippen MR) is 69.4 cm³/mol. The molecule has 3 heteroatoms. The smallest absolute Gasteiger partial charge is 0.0681 e. The minimum atomic E-state index is 0.121. The van der Waals surface area contributed by atoms with Crippen LogP contribution in [0.3, 0.4) is 0 Å². The summed E-state index contributed by atoms with van der Waals surface area (Å²) >= 11 is 0. The Balaban J connectivity index is 1.96. The molecule has 17 heavy (non-hydrogen) atoms. The maximum atomic E-state index is 9.00. The van der Waals surface area contributed by atoms with Crippen LogP contribution in [0.5, 0.6) is 0 Å². The zero-order valence-electron chi connectivity index (χ0n) is 10.5. The number of hydrogen-bond donors (Lipinski definition) is 2. The molecule has 3 nitrogen and oxygen atoms in total. The highest BCUT2D eigenvalue weighted by Crippen LogP contribution is 2.24. The maximum Gasteiger partial charge on any atom is 0.0681 e. The van der Waals surface area contributed by atoms with E-state index in [9.17, 15) is 0 Å². The zero-order valence-corrected chi connectivity index (χ0v) is 10.5. The summed E-state index contributed by atoms with van der Waals surface area (Å²) < 4.78 is 0. The summed E-state index contributed by atoms with van der Waals surface area (Å²) in [7, 11) is 0. The first-order valence-corrected chi connectivity index (χ1v) is 6.35. The van der Waals surface area contributed by atoms with Crippen LogP contribution in [0, 0.1) is 5.92 Å². The largest absolute Gasteiger partial charge is 0.392 e. The van der Waals surface area contributed by atoms with E-state index in [4.69, 9.17) is 10.8 Å². The second kappa shape index (κ2) is 5.63. The quantitative estimate of drug-likeness (QED) is 0.826. The molecule has 0 saturated carbocycles. The normalized spacial score (nSPS) is 25.4. The standard InChI is InChI=1S/C14H22N2O/c1-11-6-14(7-15)9-16(11)8-12-2-4-13(10-17)5-3-12/h2-5,11,14,17H,6-10,15H2,1H3. The molecule has 1 saturated heterocycles. The molecule has 0 aliphatic carbocycles. The molecule has 0 aromatic heterocycles. The van der Waals surface area contributed by atoms with Crippen molar-refractivity contribution >= 4 is 0 Å². The molecule has 3 N–H and O–H groups in total. The van der Waals surface area contributed by atoms with Gasteiger partial charge >= 0.3 is 0 Å². The molecule has 0 spiro atoms. The van der Waals surface area contributed by atoms with Crippen LogP contribution >= 0.6 is 0 Å². The van der Waals surface area contributed by atoms with Gasteiger partial charge in [-0.3, -0.25) is 4.90 Å². The van der Waals surface area contributed by atoms with Gasteiger partial charge in [0.15, 0.2) is 0 Å². The Kier molecular flexibility index (Phi) is 4.15. The fraction of sp³-hybridized carbons (Fsp3) is 0.571. The number of benzene rings is 1. The van der Waals surface area contributed by atoms with Crippen molar-refractivity contribution in [1.82, 2.24) is 4.90 Å². The number of aliphatic hydroxyl groups is 1. The van der Waals surface area contributed by atoms with Gasteiger partial charge in [0.1, 0.15) is 0 Å². The fourth-order valence-electron chi connectivity index (χ4n) is 2.59. The van der Waals surface area contributed by atoms with E-state index in [-0.39, 0.29) is 6.61 Å². The Labute approximate surface area is 103 Å². The van der Waals surface area contributed by atoms with Crippen molar-refractivity contribution in [2.75, 3.05) is 13.1 Å². The molecule has 1 aromatic carbocycles. The molecule has 1 aromatic rings. The maximum absolute atomic E-state index is 9.00. The Morgan fingerprint density at radius 3 is 2.47 bits per heavy atom. The van der Waals surface area contributed by atoms with Gasteiger partial charge in [0.05, 0.1) is 6.61 Å². The summed E-state index contributed by atoms with van der Waals surface area (Å²) in [5.41, 5.74) is 8.02. The second-order valence-corrected chi connectivity index (χ2v) is 5.09. The number of hydrogen-bond acceptors (Lipinski definition) is 3. The van der Waals surface area contributed by atoms with Crippen LogP contribution in [0.25, 0.3) is 0 Å². The first kappa shape index (κ1) is 12.6. The number of nitrogens with zero attached hydrogens (tertiary/aromatic N) is 1. The minimum absolute atomic E-state index is 0.121. The topological polar surface area (TPSA) is 49.5 Å². The highest BCUT2D eigenvalue weighted by Gasteiger charge is 2.27. The predicted octanol–water partition coefficient (Wildman–Crippen LogP) is 1.35. The fourth-order valence-corrected chi connectivity index (χ4v) is 2.59. The molecule has 1 aliphatic rings. The molecule has 1 aliphatic heterocycles. The van der Waals surface area contributed by atoms with Gasteiger partial charge in [0.2, 0.25) is 0 Å². The average Bonchev–Trinajstić information content (AvgIpc) is 2.71. The van der Waals surface area contributed by atoms with Gasteiger partial charge < -0.3 is 10.8 Å². The van der Waals surface area contributed by atoms with Crippen molar-refractivity contribution in [1.29, 1.82) is 0 Å². The van der Waals surface area contributed by atoms with Gasteiger partial charge in [-0.15, -0.1) is 0 Å². The Morgan fingerprint density at radius 1 is 1.29 bits per heavy atom. The number of nitrogens with two attached hydrogens (primary N) is 1.